The number of carbonyl (C=O) groups excluding carboxylic acids is 1. The lowest BCUT2D eigenvalue weighted by Crippen LogP contribution is -2.34. The Hall–Kier alpha value is -3.10. The minimum absolute atomic E-state index is 0.0545. The van der Waals surface area contributed by atoms with E-state index in [1.54, 1.807) is 6.07 Å². The molecule has 0 radical (unpaired) electrons. The van der Waals surface area contributed by atoms with Crippen molar-refractivity contribution in [1.82, 2.24) is 10.6 Å². The molecule has 0 heterocycles. The number of hydrogen-bond acceptors (Lipinski definition) is 3. The van der Waals surface area contributed by atoms with Gasteiger partial charge in [-0.05, 0) is 23.3 Å². The van der Waals surface area contributed by atoms with E-state index in [1.807, 2.05) is 0 Å². The van der Waals surface area contributed by atoms with Gasteiger partial charge in [-0.2, -0.15) is 13.2 Å². The van der Waals surface area contributed by atoms with E-state index < -0.39 is 22.7 Å². The summed E-state index contributed by atoms with van der Waals surface area (Å²) >= 11 is 0. The molecular formula is C16H14F3N3O3. The van der Waals surface area contributed by atoms with Gasteiger partial charge in [-0.15, -0.1) is 0 Å². The van der Waals surface area contributed by atoms with Gasteiger partial charge in [0.25, 0.3) is 5.69 Å². The van der Waals surface area contributed by atoms with Crippen LogP contribution < -0.4 is 10.6 Å². The Kier molecular flexibility index (Phi) is 5.58. The first-order valence-corrected chi connectivity index (χ1v) is 7.17. The molecule has 132 valence electrons. The Bertz CT molecular complexity index is 761. The lowest BCUT2D eigenvalue weighted by atomic mass is 10.1. The maximum absolute atomic E-state index is 12.5. The fourth-order valence-corrected chi connectivity index (χ4v) is 2.02. The largest absolute Gasteiger partial charge is 0.416 e. The molecule has 2 N–H and O–H groups in total. The molecule has 0 unspecified atom stereocenters. The standard InChI is InChI=1S/C16H14F3N3O3/c17-16(18,19)13-6-4-11(5-7-13)9-20-15(23)21-10-12-2-1-3-14(8-12)22(24)25/h1-8H,9-10H2,(H2,20,21,23). The van der Waals surface area contributed by atoms with Crippen molar-refractivity contribution in [2.24, 2.45) is 0 Å². The number of nitrogens with zero attached hydrogens (tertiary/aromatic N) is 1. The predicted octanol–water partition coefficient (Wildman–Crippen LogP) is 3.61. The van der Waals surface area contributed by atoms with Crippen LogP contribution in [0.4, 0.5) is 23.7 Å². The molecule has 0 atom stereocenters. The molecule has 0 aromatic heterocycles. The van der Waals surface area contributed by atoms with Crippen LogP contribution in [0.15, 0.2) is 48.5 Å². The fourth-order valence-electron chi connectivity index (χ4n) is 2.02. The summed E-state index contributed by atoms with van der Waals surface area (Å²) in [4.78, 5) is 21.8. The lowest BCUT2D eigenvalue weighted by Gasteiger charge is -2.09. The number of non-ortho nitro benzene ring substituents is 1. The molecule has 0 aliphatic carbocycles. The van der Waals surface area contributed by atoms with Crippen LogP contribution in [-0.2, 0) is 19.3 Å². The first-order valence-electron chi connectivity index (χ1n) is 7.17. The van der Waals surface area contributed by atoms with Crippen molar-refractivity contribution >= 4 is 11.7 Å². The molecule has 2 amide bonds. The van der Waals surface area contributed by atoms with E-state index in [2.05, 4.69) is 10.6 Å². The Labute approximate surface area is 140 Å². The summed E-state index contributed by atoms with van der Waals surface area (Å²) in [7, 11) is 0. The number of urea groups is 1. The minimum Gasteiger partial charge on any atom is -0.334 e. The summed E-state index contributed by atoms with van der Waals surface area (Å²) in [6.07, 6.45) is -4.40. The van der Waals surface area contributed by atoms with E-state index in [4.69, 9.17) is 0 Å². The van der Waals surface area contributed by atoms with E-state index in [-0.39, 0.29) is 18.8 Å². The van der Waals surface area contributed by atoms with Crippen molar-refractivity contribution in [3.8, 4) is 0 Å². The topological polar surface area (TPSA) is 84.3 Å². The number of halogens is 3. The van der Waals surface area contributed by atoms with Crippen LogP contribution in [-0.4, -0.2) is 11.0 Å². The zero-order valence-electron chi connectivity index (χ0n) is 12.8. The first kappa shape index (κ1) is 18.2. The molecule has 2 rings (SSSR count). The number of nitro groups is 1. The van der Waals surface area contributed by atoms with Gasteiger partial charge in [-0.25, -0.2) is 4.79 Å². The third-order valence-electron chi connectivity index (χ3n) is 3.31. The fraction of sp³-hybridized carbons (Fsp3) is 0.188. The molecule has 9 heteroatoms. The average Bonchev–Trinajstić information content (AvgIpc) is 2.58. The molecule has 25 heavy (non-hydrogen) atoms. The highest BCUT2D eigenvalue weighted by molar-refractivity contribution is 5.73. The number of rotatable bonds is 5. The molecule has 0 bridgehead atoms. The maximum atomic E-state index is 12.5. The van der Waals surface area contributed by atoms with Crippen molar-refractivity contribution in [3.05, 3.63) is 75.3 Å². The highest BCUT2D eigenvalue weighted by Gasteiger charge is 2.29. The van der Waals surface area contributed by atoms with Crippen molar-refractivity contribution in [3.63, 3.8) is 0 Å². The summed E-state index contributed by atoms with van der Waals surface area (Å²) in [5, 5.41) is 15.7. The Morgan fingerprint density at radius 1 is 1.00 bits per heavy atom. The van der Waals surface area contributed by atoms with E-state index in [0.717, 1.165) is 12.1 Å². The summed E-state index contributed by atoms with van der Waals surface area (Å²) in [6.45, 7) is 0.138. The quantitative estimate of drug-likeness (QED) is 0.636. The molecule has 0 saturated heterocycles. The summed E-state index contributed by atoms with van der Waals surface area (Å²) in [6, 6.07) is 9.73. The van der Waals surface area contributed by atoms with E-state index in [0.29, 0.717) is 11.1 Å². The SMILES string of the molecule is O=C(NCc1ccc(C(F)(F)F)cc1)NCc1cccc([N+](=O)[O-])c1. The Morgan fingerprint density at radius 2 is 1.60 bits per heavy atom. The number of carbonyl (C=O) groups is 1. The molecule has 2 aromatic carbocycles. The second-order valence-corrected chi connectivity index (χ2v) is 5.16. The van der Waals surface area contributed by atoms with Crippen LogP contribution in [0.3, 0.4) is 0 Å². The first-order chi connectivity index (χ1) is 11.8. The Morgan fingerprint density at radius 3 is 2.16 bits per heavy atom. The number of nitro benzene ring substituents is 1. The molecule has 0 aliphatic heterocycles. The molecule has 0 spiro atoms. The molecule has 2 aromatic rings. The molecule has 6 nitrogen and oxygen atoms in total. The highest BCUT2D eigenvalue weighted by Crippen LogP contribution is 2.29. The zero-order chi connectivity index (χ0) is 18.4. The number of benzene rings is 2. The van der Waals surface area contributed by atoms with E-state index >= 15 is 0 Å². The van der Waals surface area contributed by atoms with Crippen LogP contribution in [0.1, 0.15) is 16.7 Å². The van der Waals surface area contributed by atoms with Gasteiger partial charge < -0.3 is 10.6 Å². The van der Waals surface area contributed by atoms with Gasteiger partial charge in [0.1, 0.15) is 0 Å². The van der Waals surface area contributed by atoms with Gasteiger partial charge in [-0.1, -0.05) is 24.3 Å². The number of alkyl halides is 3. The van der Waals surface area contributed by atoms with Gasteiger partial charge in [0.15, 0.2) is 0 Å². The van der Waals surface area contributed by atoms with Crippen LogP contribution in [0.5, 0.6) is 0 Å². The second kappa shape index (κ2) is 7.65. The van der Waals surface area contributed by atoms with Gasteiger partial charge in [0.05, 0.1) is 10.5 Å². The zero-order valence-corrected chi connectivity index (χ0v) is 12.8. The maximum Gasteiger partial charge on any atom is 0.416 e. The number of nitrogens with one attached hydrogen (secondary N) is 2. The van der Waals surface area contributed by atoms with Gasteiger partial charge in [-0.3, -0.25) is 10.1 Å². The van der Waals surface area contributed by atoms with Crippen LogP contribution in [0.2, 0.25) is 0 Å². The predicted molar refractivity (Wildman–Crippen MR) is 83.6 cm³/mol. The monoisotopic (exact) mass is 353 g/mol. The molecule has 0 saturated carbocycles. The molecule has 0 fully saturated rings. The van der Waals surface area contributed by atoms with E-state index in [9.17, 15) is 28.1 Å². The minimum atomic E-state index is -4.40. The third-order valence-corrected chi connectivity index (χ3v) is 3.31. The van der Waals surface area contributed by atoms with E-state index in [1.165, 1.54) is 30.3 Å². The second-order valence-electron chi connectivity index (χ2n) is 5.16. The molecular weight excluding hydrogens is 339 g/mol. The van der Waals surface area contributed by atoms with Crippen molar-refractivity contribution in [1.29, 1.82) is 0 Å². The summed E-state index contributed by atoms with van der Waals surface area (Å²) in [5.41, 5.74) is 0.230. The van der Waals surface area contributed by atoms with Gasteiger partial charge >= 0.3 is 12.2 Å². The van der Waals surface area contributed by atoms with Crippen LogP contribution >= 0.6 is 0 Å². The van der Waals surface area contributed by atoms with Crippen LogP contribution in [0, 0.1) is 10.1 Å². The summed E-state index contributed by atoms with van der Waals surface area (Å²) in [5.74, 6) is 0. The third kappa shape index (κ3) is 5.48. The van der Waals surface area contributed by atoms with Gasteiger partial charge in [0, 0.05) is 25.2 Å². The summed E-state index contributed by atoms with van der Waals surface area (Å²) < 4.78 is 37.4. The Balaban J connectivity index is 1.83. The average molecular weight is 353 g/mol. The number of amides is 2. The van der Waals surface area contributed by atoms with Crippen LogP contribution in [0.25, 0.3) is 0 Å². The highest BCUT2D eigenvalue weighted by atomic mass is 19.4. The van der Waals surface area contributed by atoms with Crippen molar-refractivity contribution in [2.75, 3.05) is 0 Å². The lowest BCUT2D eigenvalue weighted by molar-refractivity contribution is -0.384. The van der Waals surface area contributed by atoms with Crippen molar-refractivity contribution in [2.45, 2.75) is 19.3 Å². The normalized spacial score (nSPS) is 11.0. The van der Waals surface area contributed by atoms with Gasteiger partial charge in [0.2, 0.25) is 0 Å². The number of hydrogen-bond donors (Lipinski definition) is 2. The smallest absolute Gasteiger partial charge is 0.334 e. The molecule has 0 aliphatic rings. The van der Waals surface area contributed by atoms with Crippen molar-refractivity contribution < 1.29 is 22.9 Å².